The molecule has 1 aromatic carbocycles. The van der Waals surface area contributed by atoms with Crippen LogP contribution in [0.3, 0.4) is 0 Å². The first-order valence-corrected chi connectivity index (χ1v) is 8.38. The molecule has 2 aromatic rings. The number of nitrogens with two attached hydrogens (primary N) is 1. The van der Waals surface area contributed by atoms with Crippen LogP contribution in [-0.2, 0) is 13.1 Å². The van der Waals surface area contributed by atoms with Crippen LogP contribution in [0.25, 0.3) is 0 Å². The number of thiazole rings is 1. The number of rotatable bonds is 6. The molecule has 1 fully saturated rings. The molecule has 3 N–H and O–H groups in total. The van der Waals surface area contributed by atoms with Crippen molar-refractivity contribution in [2.75, 3.05) is 18.4 Å². The molecule has 1 aromatic heterocycles. The highest BCUT2D eigenvalue weighted by molar-refractivity contribution is 7.13. The fourth-order valence-electron chi connectivity index (χ4n) is 2.70. The second kappa shape index (κ2) is 6.89. The molecule has 3 rings (SSSR count). The van der Waals surface area contributed by atoms with E-state index >= 15 is 0 Å². The summed E-state index contributed by atoms with van der Waals surface area (Å²) in [6.45, 7) is 4.09. The van der Waals surface area contributed by atoms with Gasteiger partial charge in [0.15, 0.2) is 5.13 Å². The molecule has 1 aliphatic heterocycles. The fourth-order valence-corrected chi connectivity index (χ4v) is 3.40. The van der Waals surface area contributed by atoms with Gasteiger partial charge < -0.3 is 11.1 Å². The van der Waals surface area contributed by atoms with E-state index in [0.717, 1.165) is 11.7 Å². The molecule has 0 unspecified atom stereocenters. The monoisotopic (exact) mass is 316 g/mol. The van der Waals surface area contributed by atoms with E-state index < -0.39 is 5.91 Å². The first kappa shape index (κ1) is 15.0. The van der Waals surface area contributed by atoms with Gasteiger partial charge in [0.1, 0.15) is 5.69 Å². The highest BCUT2D eigenvalue weighted by atomic mass is 32.1. The molecule has 6 heteroatoms. The zero-order chi connectivity index (χ0) is 15.4. The Kier molecular flexibility index (Phi) is 4.70. The lowest BCUT2D eigenvalue weighted by Crippen LogP contribution is -2.19. The molecule has 2 heterocycles. The Hall–Kier alpha value is -1.92. The van der Waals surface area contributed by atoms with Crippen molar-refractivity contribution in [3.8, 4) is 0 Å². The fraction of sp³-hybridized carbons (Fsp3) is 0.375. The van der Waals surface area contributed by atoms with Crippen LogP contribution in [0.2, 0.25) is 0 Å². The van der Waals surface area contributed by atoms with Gasteiger partial charge in [-0.05, 0) is 37.1 Å². The van der Waals surface area contributed by atoms with Gasteiger partial charge in [0, 0.05) is 18.5 Å². The average Bonchev–Trinajstić information content (AvgIpc) is 3.17. The van der Waals surface area contributed by atoms with Crippen LogP contribution >= 0.6 is 11.3 Å². The molecule has 0 radical (unpaired) electrons. The van der Waals surface area contributed by atoms with Crippen LogP contribution in [-0.4, -0.2) is 28.9 Å². The maximum Gasteiger partial charge on any atom is 0.268 e. The van der Waals surface area contributed by atoms with Crippen LogP contribution in [0.5, 0.6) is 0 Å². The largest absolute Gasteiger partial charge is 0.364 e. The number of carbonyl (C=O) groups is 1. The standard InChI is InChI=1S/C16H20N4OS/c17-15(21)14-11-22-16(19-14)18-9-12-5-1-2-6-13(12)10-20-7-3-4-8-20/h1-2,5-6,11H,3-4,7-10H2,(H2,17,21)(H,18,19). The average molecular weight is 316 g/mol. The molecule has 5 nitrogen and oxygen atoms in total. The summed E-state index contributed by atoms with van der Waals surface area (Å²) in [5.74, 6) is -0.487. The normalized spacial score (nSPS) is 15.1. The summed E-state index contributed by atoms with van der Waals surface area (Å²) in [5.41, 5.74) is 8.16. The number of benzene rings is 1. The number of likely N-dealkylation sites (tertiary alicyclic amines) is 1. The molecular formula is C16H20N4OS. The number of carbonyl (C=O) groups excluding carboxylic acids is 1. The molecule has 0 aliphatic carbocycles. The number of hydrogen-bond donors (Lipinski definition) is 2. The van der Waals surface area contributed by atoms with Gasteiger partial charge in [0.2, 0.25) is 0 Å². The van der Waals surface area contributed by atoms with Crippen LogP contribution in [0.1, 0.15) is 34.5 Å². The quantitative estimate of drug-likeness (QED) is 0.859. The maximum atomic E-state index is 11.1. The number of amides is 1. The van der Waals surface area contributed by atoms with E-state index in [2.05, 4.69) is 39.5 Å². The summed E-state index contributed by atoms with van der Waals surface area (Å²) in [5, 5.41) is 5.69. The smallest absolute Gasteiger partial charge is 0.268 e. The van der Waals surface area contributed by atoms with Gasteiger partial charge in [-0.3, -0.25) is 9.69 Å². The third-order valence-corrected chi connectivity index (χ3v) is 4.70. The maximum absolute atomic E-state index is 11.1. The first-order valence-electron chi connectivity index (χ1n) is 7.51. The van der Waals surface area contributed by atoms with E-state index in [0.29, 0.717) is 12.2 Å². The molecule has 22 heavy (non-hydrogen) atoms. The summed E-state index contributed by atoms with van der Waals surface area (Å²) in [6, 6.07) is 8.47. The third-order valence-electron chi connectivity index (χ3n) is 3.90. The van der Waals surface area contributed by atoms with Gasteiger partial charge in [-0.1, -0.05) is 24.3 Å². The molecule has 1 aliphatic rings. The molecule has 0 bridgehead atoms. The second-order valence-corrected chi connectivity index (χ2v) is 6.37. The summed E-state index contributed by atoms with van der Waals surface area (Å²) < 4.78 is 0. The van der Waals surface area contributed by atoms with E-state index in [-0.39, 0.29) is 0 Å². The lowest BCUT2D eigenvalue weighted by atomic mass is 10.1. The summed E-state index contributed by atoms with van der Waals surface area (Å²) >= 11 is 1.40. The highest BCUT2D eigenvalue weighted by Gasteiger charge is 2.13. The molecule has 0 spiro atoms. The molecule has 0 saturated carbocycles. The second-order valence-electron chi connectivity index (χ2n) is 5.51. The molecule has 1 saturated heterocycles. The van der Waals surface area contributed by atoms with E-state index in [4.69, 9.17) is 5.73 Å². The van der Waals surface area contributed by atoms with Crippen LogP contribution in [0, 0.1) is 0 Å². The lowest BCUT2D eigenvalue weighted by molar-refractivity contribution is 0.0996. The predicted molar refractivity (Wildman–Crippen MR) is 88.9 cm³/mol. The summed E-state index contributed by atoms with van der Waals surface area (Å²) in [4.78, 5) is 17.7. The minimum Gasteiger partial charge on any atom is -0.364 e. The minimum atomic E-state index is -0.487. The number of nitrogens with zero attached hydrogens (tertiary/aromatic N) is 2. The number of anilines is 1. The Bertz CT molecular complexity index is 649. The highest BCUT2D eigenvalue weighted by Crippen LogP contribution is 2.19. The van der Waals surface area contributed by atoms with Gasteiger partial charge in [-0.25, -0.2) is 4.98 Å². The van der Waals surface area contributed by atoms with Crippen molar-refractivity contribution in [1.82, 2.24) is 9.88 Å². The molecule has 1 amide bonds. The van der Waals surface area contributed by atoms with Crippen molar-refractivity contribution in [3.63, 3.8) is 0 Å². The van der Waals surface area contributed by atoms with Crippen LogP contribution < -0.4 is 11.1 Å². The molecular weight excluding hydrogens is 296 g/mol. The van der Waals surface area contributed by atoms with Gasteiger partial charge in [0.25, 0.3) is 5.91 Å². The number of aromatic nitrogens is 1. The first-order chi connectivity index (χ1) is 10.7. The zero-order valence-electron chi connectivity index (χ0n) is 12.4. The van der Waals surface area contributed by atoms with Gasteiger partial charge in [-0.2, -0.15) is 0 Å². The third kappa shape index (κ3) is 3.64. The summed E-state index contributed by atoms with van der Waals surface area (Å²) in [6.07, 6.45) is 2.60. The summed E-state index contributed by atoms with van der Waals surface area (Å²) in [7, 11) is 0. The van der Waals surface area contributed by atoms with Crippen LogP contribution in [0.15, 0.2) is 29.6 Å². The molecule has 116 valence electrons. The number of nitrogens with one attached hydrogen (secondary N) is 1. The van der Waals surface area contributed by atoms with Crippen LogP contribution in [0.4, 0.5) is 5.13 Å². The Morgan fingerprint density at radius 2 is 2.00 bits per heavy atom. The van der Waals surface area contributed by atoms with Crippen molar-refractivity contribution in [1.29, 1.82) is 0 Å². The zero-order valence-corrected chi connectivity index (χ0v) is 13.2. The minimum absolute atomic E-state index is 0.317. The Morgan fingerprint density at radius 1 is 1.27 bits per heavy atom. The predicted octanol–water partition coefficient (Wildman–Crippen LogP) is 2.45. The number of primary amides is 1. The Labute approximate surface area is 134 Å². The van der Waals surface area contributed by atoms with E-state index in [9.17, 15) is 4.79 Å². The van der Waals surface area contributed by atoms with Gasteiger partial charge in [0.05, 0.1) is 0 Å². The topological polar surface area (TPSA) is 71.2 Å². The van der Waals surface area contributed by atoms with E-state index in [1.54, 1.807) is 5.38 Å². The number of hydrogen-bond acceptors (Lipinski definition) is 5. The van der Waals surface area contributed by atoms with Crippen molar-refractivity contribution in [3.05, 3.63) is 46.5 Å². The van der Waals surface area contributed by atoms with E-state index in [1.165, 1.54) is 48.4 Å². The lowest BCUT2D eigenvalue weighted by Gasteiger charge is -2.17. The van der Waals surface area contributed by atoms with Gasteiger partial charge >= 0.3 is 0 Å². The Morgan fingerprint density at radius 3 is 2.68 bits per heavy atom. The molecule has 0 atom stereocenters. The van der Waals surface area contributed by atoms with Crippen molar-refractivity contribution < 1.29 is 4.79 Å². The SMILES string of the molecule is NC(=O)c1csc(NCc2ccccc2CN2CCCC2)n1. The van der Waals surface area contributed by atoms with Crippen molar-refractivity contribution in [2.45, 2.75) is 25.9 Å². The van der Waals surface area contributed by atoms with E-state index in [1.807, 2.05) is 0 Å². The van der Waals surface area contributed by atoms with Crippen molar-refractivity contribution in [2.24, 2.45) is 5.73 Å². The van der Waals surface area contributed by atoms with Crippen molar-refractivity contribution >= 4 is 22.4 Å². The Balaban J connectivity index is 1.65. The van der Waals surface area contributed by atoms with Gasteiger partial charge in [-0.15, -0.1) is 11.3 Å².